The normalized spacial score (nSPS) is 25.4. The second-order valence-corrected chi connectivity index (χ2v) is 4.49. The van der Waals surface area contributed by atoms with Crippen molar-refractivity contribution in [3.63, 3.8) is 0 Å². The Hall–Kier alpha value is -0.860. The summed E-state index contributed by atoms with van der Waals surface area (Å²) in [4.78, 5) is 2.19. The summed E-state index contributed by atoms with van der Waals surface area (Å²) in [6.45, 7) is 1.01. The predicted octanol–water partition coefficient (Wildman–Crippen LogP) is 1.56. The van der Waals surface area contributed by atoms with E-state index in [0.717, 1.165) is 13.0 Å². The smallest absolute Gasteiger partial charge is 0.0227 e. The molecule has 0 amide bonds. The van der Waals surface area contributed by atoms with Crippen molar-refractivity contribution in [1.29, 1.82) is 0 Å². The van der Waals surface area contributed by atoms with E-state index in [1.165, 1.54) is 11.1 Å². The summed E-state index contributed by atoms with van der Waals surface area (Å²) in [5.41, 5.74) is 8.63. The zero-order valence-corrected chi connectivity index (χ0v) is 8.90. The number of hydrogen-bond donors (Lipinski definition) is 1. The number of hydrogen-bond acceptors (Lipinski definition) is 2. The minimum absolute atomic E-state index is 0.407. The summed E-state index contributed by atoms with van der Waals surface area (Å²) < 4.78 is 0. The Morgan fingerprint density at radius 2 is 2.14 bits per heavy atom. The highest BCUT2D eigenvalue weighted by molar-refractivity contribution is 5.31. The van der Waals surface area contributed by atoms with E-state index in [4.69, 9.17) is 5.73 Å². The first-order valence-electron chi connectivity index (χ1n) is 5.16. The Morgan fingerprint density at radius 3 is 2.71 bits per heavy atom. The molecule has 0 spiro atoms. The third-order valence-electron chi connectivity index (χ3n) is 2.72. The average Bonchev–Trinajstić information content (AvgIpc) is 2.82. The first-order valence-corrected chi connectivity index (χ1v) is 5.16. The summed E-state index contributed by atoms with van der Waals surface area (Å²) in [6.07, 6.45) is 1.16. The Morgan fingerprint density at radius 1 is 1.43 bits per heavy atom. The van der Waals surface area contributed by atoms with Crippen LogP contribution in [-0.4, -0.2) is 25.0 Å². The van der Waals surface area contributed by atoms with Gasteiger partial charge in [0.05, 0.1) is 0 Å². The highest BCUT2D eigenvalue weighted by Gasteiger charge is 2.34. The molecule has 1 aliphatic rings. The monoisotopic (exact) mass is 190 g/mol. The molecule has 0 bridgehead atoms. The van der Waals surface area contributed by atoms with Crippen LogP contribution in [0.5, 0.6) is 0 Å². The Labute approximate surface area is 85.7 Å². The van der Waals surface area contributed by atoms with Crippen molar-refractivity contribution in [2.24, 2.45) is 5.73 Å². The van der Waals surface area contributed by atoms with Gasteiger partial charge in [-0.25, -0.2) is 0 Å². The lowest BCUT2D eigenvalue weighted by Gasteiger charge is -2.10. The lowest BCUT2D eigenvalue weighted by Crippen LogP contribution is -2.10. The average molecular weight is 190 g/mol. The molecular weight excluding hydrogens is 172 g/mol. The van der Waals surface area contributed by atoms with Crippen molar-refractivity contribution in [1.82, 2.24) is 4.90 Å². The van der Waals surface area contributed by atoms with Gasteiger partial charge in [-0.3, -0.25) is 0 Å². The third-order valence-corrected chi connectivity index (χ3v) is 2.72. The van der Waals surface area contributed by atoms with Crippen LogP contribution in [0.4, 0.5) is 0 Å². The largest absolute Gasteiger partial charge is 0.327 e. The molecule has 0 aromatic heterocycles. The van der Waals surface area contributed by atoms with Crippen LogP contribution in [-0.2, 0) is 6.54 Å². The van der Waals surface area contributed by atoms with Crippen molar-refractivity contribution in [2.75, 3.05) is 14.1 Å². The number of nitrogens with zero attached hydrogens (tertiary/aromatic N) is 1. The minimum atomic E-state index is 0.407. The molecule has 0 heterocycles. The van der Waals surface area contributed by atoms with Crippen LogP contribution in [0.15, 0.2) is 24.3 Å². The van der Waals surface area contributed by atoms with Gasteiger partial charge in [0.2, 0.25) is 0 Å². The molecule has 0 radical (unpaired) electrons. The second kappa shape index (κ2) is 3.71. The maximum Gasteiger partial charge on any atom is 0.0227 e. The van der Waals surface area contributed by atoms with Gasteiger partial charge >= 0.3 is 0 Å². The van der Waals surface area contributed by atoms with Gasteiger partial charge in [0.15, 0.2) is 0 Å². The maximum absolute atomic E-state index is 5.84. The lowest BCUT2D eigenvalue weighted by molar-refractivity contribution is 0.402. The van der Waals surface area contributed by atoms with Crippen LogP contribution >= 0.6 is 0 Å². The predicted molar refractivity (Wildman–Crippen MR) is 59.2 cm³/mol. The van der Waals surface area contributed by atoms with Crippen molar-refractivity contribution in [2.45, 2.75) is 24.9 Å². The first kappa shape index (κ1) is 9.69. The van der Waals surface area contributed by atoms with Crippen LogP contribution < -0.4 is 5.73 Å². The minimum Gasteiger partial charge on any atom is -0.327 e. The summed E-state index contributed by atoms with van der Waals surface area (Å²) >= 11 is 0. The van der Waals surface area contributed by atoms with Crippen LogP contribution in [0.25, 0.3) is 0 Å². The number of nitrogens with two attached hydrogens (primary N) is 1. The fourth-order valence-electron chi connectivity index (χ4n) is 1.89. The van der Waals surface area contributed by atoms with Crippen molar-refractivity contribution >= 4 is 0 Å². The Bertz CT molecular complexity index is 320. The van der Waals surface area contributed by atoms with Crippen molar-refractivity contribution in [3.05, 3.63) is 35.4 Å². The molecule has 1 fully saturated rings. The summed E-state index contributed by atoms with van der Waals surface area (Å²) in [7, 11) is 4.19. The molecule has 0 aliphatic heterocycles. The van der Waals surface area contributed by atoms with E-state index in [1.54, 1.807) is 0 Å². The molecule has 2 atom stereocenters. The fourth-order valence-corrected chi connectivity index (χ4v) is 1.89. The van der Waals surface area contributed by atoms with E-state index in [1.807, 2.05) is 0 Å². The van der Waals surface area contributed by atoms with Crippen molar-refractivity contribution < 1.29 is 0 Å². The van der Waals surface area contributed by atoms with Gasteiger partial charge in [-0.2, -0.15) is 0 Å². The molecule has 14 heavy (non-hydrogen) atoms. The van der Waals surface area contributed by atoms with Crippen LogP contribution in [0, 0.1) is 0 Å². The second-order valence-electron chi connectivity index (χ2n) is 4.49. The third kappa shape index (κ3) is 2.14. The topological polar surface area (TPSA) is 29.3 Å². The Balaban J connectivity index is 2.11. The van der Waals surface area contributed by atoms with E-state index >= 15 is 0 Å². The highest BCUT2D eigenvalue weighted by atomic mass is 15.0. The molecule has 2 nitrogen and oxygen atoms in total. The molecule has 76 valence electrons. The van der Waals surface area contributed by atoms with Crippen LogP contribution in [0.3, 0.4) is 0 Å². The number of benzene rings is 1. The van der Waals surface area contributed by atoms with Gasteiger partial charge in [-0.05, 0) is 31.6 Å². The molecule has 1 saturated carbocycles. The maximum atomic E-state index is 5.84. The van der Waals surface area contributed by atoms with E-state index in [-0.39, 0.29) is 0 Å². The molecule has 1 aromatic carbocycles. The highest BCUT2D eigenvalue weighted by Crippen LogP contribution is 2.39. The molecule has 0 saturated heterocycles. The standard InChI is InChI=1S/C12H18N2/c1-14(2)8-9-4-3-5-10(6-9)11-7-12(11)13/h3-6,11-12H,7-8,13H2,1-2H3/t11-,12+/m0/s1. The van der Waals surface area contributed by atoms with E-state index in [2.05, 4.69) is 43.3 Å². The van der Waals surface area contributed by atoms with Crippen molar-refractivity contribution in [3.8, 4) is 0 Å². The van der Waals surface area contributed by atoms with Gasteiger partial charge < -0.3 is 10.6 Å². The van der Waals surface area contributed by atoms with E-state index in [9.17, 15) is 0 Å². The van der Waals surface area contributed by atoms with Crippen LogP contribution in [0.2, 0.25) is 0 Å². The summed E-state index contributed by atoms with van der Waals surface area (Å²) in [6, 6.07) is 9.20. The van der Waals surface area contributed by atoms with Gasteiger partial charge in [-0.1, -0.05) is 24.3 Å². The lowest BCUT2D eigenvalue weighted by atomic mass is 10.1. The van der Waals surface area contributed by atoms with E-state index < -0.39 is 0 Å². The van der Waals surface area contributed by atoms with E-state index in [0.29, 0.717) is 12.0 Å². The molecular formula is C12H18N2. The molecule has 2 rings (SSSR count). The van der Waals surface area contributed by atoms with Gasteiger partial charge in [0, 0.05) is 18.5 Å². The summed E-state index contributed by atoms with van der Waals surface area (Å²) in [5.74, 6) is 0.622. The SMILES string of the molecule is CN(C)Cc1cccc([C@@H]2C[C@H]2N)c1. The molecule has 2 heteroatoms. The quantitative estimate of drug-likeness (QED) is 0.783. The fraction of sp³-hybridized carbons (Fsp3) is 0.500. The zero-order valence-electron chi connectivity index (χ0n) is 8.90. The first-order chi connectivity index (χ1) is 6.66. The molecule has 2 N–H and O–H groups in total. The van der Waals surface area contributed by atoms with Crippen LogP contribution in [0.1, 0.15) is 23.5 Å². The molecule has 0 unspecified atom stereocenters. The zero-order chi connectivity index (χ0) is 10.1. The van der Waals surface area contributed by atoms with Gasteiger partial charge in [0.25, 0.3) is 0 Å². The molecule has 1 aromatic rings. The Kier molecular flexibility index (Phi) is 2.57. The van der Waals surface area contributed by atoms with Gasteiger partial charge in [-0.15, -0.1) is 0 Å². The molecule has 1 aliphatic carbocycles. The summed E-state index contributed by atoms with van der Waals surface area (Å²) in [5, 5.41) is 0. The van der Waals surface area contributed by atoms with Gasteiger partial charge in [0.1, 0.15) is 0 Å². The number of rotatable bonds is 3.